The highest BCUT2D eigenvalue weighted by atomic mass is 127. The van der Waals surface area contributed by atoms with Crippen molar-refractivity contribution in [3.8, 4) is 0 Å². The van der Waals surface area contributed by atoms with Gasteiger partial charge < -0.3 is 10.4 Å². The number of rotatable bonds is 7. The lowest BCUT2D eigenvalue weighted by Gasteiger charge is -2.16. The van der Waals surface area contributed by atoms with Crippen LogP contribution in [0.15, 0.2) is 30.3 Å². The Morgan fingerprint density at radius 3 is 2.69 bits per heavy atom. The Morgan fingerprint density at radius 1 is 1.31 bits per heavy atom. The van der Waals surface area contributed by atoms with Crippen molar-refractivity contribution < 1.29 is 23.5 Å². The average molecular weight is 476 g/mol. The summed E-state index contributed by atoms with van der Waals surface area (Å²) in [7, 11) is 0. The fraction of sp³-hybridized carbons (Fsp3) is 0.278. The molecule has 1 unspecified atom stereocenters. The highest BCUT2D eigenvalue weighted by molar-refractivity contribution is 14.1. The number of anilines is 2. The summed E-state index contributed by atoms with van der Waals surface area (Å²) in [5.41, 5.74) is 3.09. The molecule has 0 aromatic heterocycles. The Labute approximate surface area is 163 Å². The van der Waals surface area contributed by atoms with Crippen LogP contribution in [0.1, 0.15) is 29.3 Å². The number of hydrogen-bond donors (Lipinski definition) is 3. The van der Waals surface area contributed by atoms with Crippen molar-refractivity contribution in [3.63, 3.8) is 0 Å². The molecule has 0 bridgehead atoms. The van der Waals surface area contributed by atoms with Crippen LogP contribution in [0, 0.1) is 22.1 Å². The van der Waals surface area contributed by atoms with Crippen LogP contribution in [-0.2, 0) is 4.84 Å². The van der Waals surface area contributed by atoms with E-state index < -0.39 is 23.6 Å². The molecule has 0 aliphatic carbocycles. The van der Waals surface area contributed by atoms with Crippen molar-refractivity contribution in [1.29, 1.82) is 0 Å². The van der Waals surface area contributed by atoms with E-state index in [4.69, 9.17) is 4.84 Å². The monoisotopic (exact) mass is 476 g/mol. The minimum Gasteiger partial charge on any atom is -0.391 e. The summed E-state index contributed by atoms with van der Waals surface area (Å²) in [4.78, 5) is 17.2. The van der Waals surface area contributed by atoms with Crippen LogP contribution in [0.25, 0.3) is 0 Å². The van der Waals surface area contributed by atoms with Gasteiger partial charge in [0, 0.05) is 9.26 Å². The van der Waals surface area contributed by atoms with E-state index in [1.54, 1.807) is 13.0 Å². The number of halogens is 3. The van der Waals surface area contributed by atoms with Crippen molar-refractivity contribution in [2.75, 3.05) is 11.9 Å². The molecule has 5 nitrogen and oxygen atoms in total. The van der Waals surface area contributed by atoms with Gasteiger partial charge in [-0.05, 0) is 71.8 Å². The van der Waals surface area contributed by atoms with Crippen LogP contribution in [-0.4, -0.2) is 23.7 Å². The molecule has 0 saturated carbocycles. The number of aryl methyl sites for hydroxylation is 1. The van der Waals surface area contributed by atoms with Gasteiger partial charge in [-0.25, -0.2) is 14.3 Å². The third-order valence-electron chi connectivity index (χ3n) is 3.70. The lowest BCUT2D eigenvalue weighted by atomic mass is 10.1. The third kappa shape index (κ3) is 5.12. The normalized spacial score (nSPS) is 11.9. The average Bonchev–Trinajstić information content (AvgIpc) is 2.60. The fourth-order valence-corrected chi connectivity index (χ4v) is 2.79. The van der Waals surface area contributed by atoms with E-state index in [9.17, 15) is 18.7 Å². The summed E-state index contributed by atoms with van der Waals surface area (Å²) in [6.07, 6.45) is -0.271. The number of nitrogens with one attached hydrogen (secondary N) is 2. The molecule has 3 N–H and O–H groups in total. The molecule has 26 heavy (non-hydrogen) atoms. The molecule has 2 rings (SSSR count). The lowest BCUT2D eigenvalue weighted by molar-refractivity contribution is -0.0133. The molecule has 0 radical (unpaired) electrons. The number of hydrogen-bond acceptors (Lipinski definition) is 4. The van der Waals surface area contributed by atoms with Crippen molar-refractivity contribution in [3.05, 3.63) is 56.7 Å². The highest BCUT2D eigenvalue weighted by Gasteiger charge is 2.20. The molecule has 140 valence electrons. The van der Waals surface area contributed by atoms with Gasteiger partial charge in [-0.2, -0.15) is 0 Å². The molecular weight excluding hydrogens is 457 g/mol. The van der Waals surface area contributed by atoms with E-state index in [1.165, 1.54) is 0 Å². The highest BCUT2D eigenvalue weighted by Crippen LogP contribution is 2.28. The SMILES string of the molecule is CCC(O)CONC(=O)c1ccc(F)c(F)c1Nc1ccc(I)cc1C. The van der Waals surface area contributed by atoms with Crippen molar-refractivity contribution >= 4 is 39.9 Å². The molecular formula is C18H19F2IN2O3. The number of carbonyl (C=O) groups excluding carboxylic acids is 1. The van der Waals surface area contributed by atoms with E-state index >= 15 is 0 Å². The smallest absolute Gasteiger partial charge is 0.277 e. The maximum atomic E-state index is 14.3. The van der Waals surface area contributed by atoms with Gasteiger partial charge in [0.1, 0.15) is 6.61 Å². The van der Waals surface area contributed by atoms with E-state index in [2.05, 4.69) is 33.4 Å². The van der Waals surface area contributed by atoms with Crippen LogP contribution in [0.3, 0.4) is 0 Å². The first-order valence-electron chi connectivity index (χ1n) is 7.94. The summed E-state index contributed by atoms with van der Waals surface area (Å²) in [5, 5.41) is 12.2. The number of carbonyl (C=O) groups is 1. The van der Waals surface area contributed by atoms with Gasteiger partial charge >= 0.3 is 0 Å². The molecule has 1 atom stereocenters. The number of aliphatic hydroxyl groups is 1. The van der Waals surface area contributed by atoms with Gasteiger partial charge in [0.05, 0.1) is 17.4 Å². The van der Waals surface area contributed by atoms with Crippen LogP contribution in [0.5, 0.6) is 0 Å². The molecule has 0 aliphatic rings. The van der Waals surface area contributed by atoms with Crippen LogP contribution in [0.4, 0.5) is 20.2 Å². The van der Waals surface area contributed by atoms with Gasteiger partial charge in [0.15, 0.2) is 11.6 Å². The summed E-state index contributed by atoms with van der Waals surface area (Å²) >= 11 is 2.14. The second-order valence-electron chi connectivity index (χ2n) is 5.67. The molecule has 0 saturated heterocycles. The number of aliphatic hydroxyl groups excluding tert-OH is 1. The molecule has 2 aromatic rings. The molecule has 0 fully saturated rings. The Bertz CT molecular complexity index is 802. The third-order valence-corrected chi connectivity index (χ3v) is 4.37. The Morgan fingerprint density at radius 2 is 2.04 bits per heavy atom. The minimum absolute atomic E-state index is 0.106. The first kappa shape index (κ1) is 20.5. The maximum absolute atomic E-state index is 14.3. The summed E-state index contributed by atoms with van der Waals surface area (Å²) in [6, 6.07) is 7.43. The molecule has 1 amide bonds. The largest absolute Gasteiger partial charge is 0.391 e. The van der Waals surface area contributed by atoms with E-state index in [-0.39, 0.29) is 17.9 Å². The number of hydroxylamine groups is 1. The second kappa shape index (κ2) is 9.24. The molecule has 2 aromatic carbocycles. The van der Waals surface area contributed by atoms with Crippen molar-refractivity contribution in [1.82, 2.24) is 5.48 Å². The topological polar surface area (TPSA) is 70.6 Å². The maximum Gasteiger partial charge on any atom is 0.277 e. The van der Waals surface area contributed by atoms with Crippen molar-refractivity contribution in [2.24, 2.45) is 0 Å². The fourth-order valence-electron chi connectivity index (χ4n) is 2.14. The van der Waals surface area contributed by atoms with E-state index in [0.717, 1.165) is 21.3 Å². The Kier molecular flexibility index (Phi) is 7.30. The second-order valence-corrected chi connectivity index (χ2v) is 6.92. The quantitative estimate of drug-likeness (QED) is 0.417. The predicted molar refractivity (Wildman–Crippen MR) is 103 cm³/mol. The van der Waals surface area contributed by atoms with Gasteiger partial charge in [0.25, 0.3) is 5.91 Å². The van der Waals surface area contributed by atoms with Gasteiger partial charge in [0.2, 0.25) is 0 Å². The predicted octanol–water partition coefficient (Wildman–Crippen LogP) is 4.05. The van der Waals surface area contributed by atoms with Crippen LogP contribution >= 0.6 is 22.6 Å². The Balaban J connectivity index is 2.27. The van der Waals surface area contributed by atoms with E-state index in [1.807, 2.05) is 19.1 Å². The summed E-state index contributed by atoms with van der Waals surface area (Å²) in [5.74, 6) is -2.99. The first-order valence-corrected chi connectivity index (χ1v) is 9.02. The zero-order valence-electron chi connectivity index (χ0n) is 14.3. The molecule has 0 aliphatic heterocycles. The number of benzene rings is 2. The van der Waals surface area contributed by atoms with Crippen LogP contribution in [0.2, 0.25) is 0 Å². The van der Waals surface area contributed by atoms with Gasteiger partial charge in [-0.1, -0.05) is 6.92 Å². The minimum atomic E-state index is -1.16. The first-order chi connectivity index (χ1) is 12.3. The van der Waals surface area contributed by atoms with Crippen molar-refractivity contribution in [2.45, 2.75) is 26.4 Å². The molecule has 0 heterocycles. The summed E-state index contributed by atoms with van der Waals surface area (Å²) in [6.45, 7) is 3.47. The zero-order valence-corrected chi connectivity index (χ0v) is 16.4. The van der Waals surface area contributed by atoms with E-state index in [0.29, 0.717) is 12.1 Å². The Hall–Kier alpha value is -1.78. The van der Waals surface area contributed by atoms with Crippen LogP contribution < -0.4 is 10.8 Å². The van der Waals surface area contributed by atoms with Gasteiger partial charge in [-0.15, -0.1) is 0 Å². The summed E-state index contributed by atoms with van der Waals surface area (Å²) < 4.78 is 29.0. The standard InChI is InChI=1S/C18H19F2IN2O3/c1-3-12(24)9-26-23-18(25)13-5-6-14(19)16(20)17(13)22-15-7-4-11(21)8-10(15)2/h4-8,12,22,24H,3,9H2,1-2H3,(H,23,25). The molecule has 0 spiro atoms. The lowest BCUT2D eigenvalue weighted by Crippen LogP contribution is -2.29. The number of amides is 1. The van der Waals surface area contributed by atoms with Gasteiger partial charge in [-0.3, -0.25) is 9.63 Å². The zero-order chi connectivity index (χ0) is 19.3. The molecule has 8 heteroatoms.